The summed E-state index contributed by atoms with van der Waals surface area (Å²) in [5, 5.41) is 1.22. The fourth-order valence-electron chi connectivity index (χ4n) is 3.31. The van der Waals surface area contributed by atoms with E-state index in [4.69, 9.17) is 4.99 Å². The maximum Gasteiger partial charge on any atom is 0.109 e. The second-order valence-corrected chi connectivity index (χ2v) is 8.52. The van der Waals surface area contributed by atoms with Crippen molar-refractivity contribution < 1.29 is 0 Å². The van der Waals surface area contributed by atoms with Crippen molar-refractivity contribution in [3.8, 4) is 0 Å². The Bertz CT molecular complexity index is 443. The van der Waals surface area contributed by atoms with Gasteiger partial charge >= 0.3 is 0 Å². The van der Waals surface area contributed by atoms with Gasteiger partial charge in [0, 0.05) is 24.2 Å². The molecule has 0 aromatic heterocycles. The van der Waals surface area contributed by atoms with E-state index in [0.717, 1.165) is 0 Å². The lowest BCUT2D eigenvalue weighted by atomic mass is 10.1. The van der Waals surface area contributed by atoms with Crippen molar-refractivity contribution in [2.75, 3.05) is 9.80 Å². The van der Waals surface area contributed by atoms with Crippen LogP contribution in [0.25, 0.3) is 0 Å². The molecule has 1 aromatic carbocycles. The molecule has 0 radical (unpaired) electrons. The van der Waals surface area contributed by atoms with Gasteiger partial charge in [0.05, 0.1) is 16.9 Å². The van der Waals surface area contributed by atoms with Crippen molar-refractivity contribution in [1.29, 1.82) is 0 Å². The van der Waals surface area contributed by atoms with E-state index in [2.05, 4.69) is 86.0 Å². The van der Waals surface area contributed by atoms with Crippen LogP contribution in [0.4, 0.5) is 11.4 Å². The van der Waals surface area contributed by atoms with Crippen molar-refractivity contribution in [2.24, 2.45) is 4.99 Å². The molecule has 3 heteroatoms. The molecule has 0 aliphatic carbocycles. The van der Waals surface area contributed by atoms with Crippen molar-refractivity contribution in [3.05, 3.63) is 5.36 Å². The summed E-state index contributed by atoms with van der Waals surface area (Å²) in [7, 11) is 0. The van der Waals surface area contributed by atoms with Gasteiger partial charge in [-0.3, -0.25) is 4.99 Å². The van der Waals surface area contributed by atoms with Gasteiger partial charge in [0.2, 0.25) is 0 Å². The molecule has 1 rings (SSSR count). The van der Waals surface area contributed by atoms with Crippen molar-refractivity contribution >= 4 is 11.4 Å². The van der Waals surface area contributed by atoms with E-state index in [0.29, 0.717) is 24.2 Å². The first kappa shape index (κ1) is 19.1. The average molecular weight is 308 g/mol. The molecule has 0 bridgehead atoms. The SMILES string of the molecule is CC(C)N(c1c(N(C(C)C)C(C)C)c1=NC(C)(C)C)C(C)C. The second-order valence-electron chi connectivity index (χ2n) is 8.52. The first-order chi connectivity index (χ1) is 9.88. The minimum Gasteiger partial charge on any atom is -0.363 e. The molecule has 22 heavy (non-hydrogen) atoms. The standard InChI is InChI=1S/C19H37N3/c1-12(2)21(13(3)4)17-16(20-19(9,10)11)18(17)22(14(5)6)15(7)8/h12-15H,1-11H3. The minimum absolute atomic E-state index is 0.0401. The van der Waals surface area contributed by atoms with Crippen LogP contribution in [0.2, 0.25) is 0 Å². The Balaban J connectivity index is 3.42. The molecule has 0 fully saturated rings. The normalized spacial score (nSPS) is 13.0. The molecule has 0 unspecified atom stereocenters. The second kappa shape index (κ2) is 6.64. The predicted molar refractivity (Wildman–Crippen MR) is 99.6 cm³/mol. The third-order valence-electron chi connectivity index (χ3n) is 3.80. The van der Waals surface area contributed by atoms with E-state index < -0.39 is 0 Å². The van der Waals surface area contributed by atoms with Gasteiger partial charge in [0.1, 0.15) is 5.36 Å². The van der Waals surface area contributed by atoms with Gasteiger partial charge < -0.3 is 9.80 Å². The lowest BCUT2D eigenvalue weighted by molar-refractivity contribution is 0.565. The maximum absolute atomic E-state index is 5.01. The van der Waals surface area contributed by atoms with Crippen LogP contribution in [0.1, 0.15) is 76.2 Å². The fourth-order valence-corrected chi connectivity index (χ4v) is 3.31. The maximum atomic E-state index is 5.01. The number of nitrogens with zero attached hydrogens (tertiary/aromatic N) is 3. The molecule has 3 nitrogen and oxygen atoms in total. The first-order valence-electron chi connectivity index (χ1n) is 8.80. The molecule has 0 atom stereocenters. The van der Waals surface area contributed by atoms with E-state index in [1.54, 1.807) is 0 Å². The van der Waals surface area contributed by atoms with Gasteiger partial charge in [-0.2, -0.15) is 0 Å². The van der Waals surface area contributed by atoms with Crippen molar-refractivity contribution in [2.45, 2.75) is 106 Å². The topological polar surface area (TPSA) is 18.8 Å². The van der Waals surface area contributed by atoms with Gasteiger partial charge in [-0.1, -0.05) is 0 Å². The Morgan fingerprint density at radius 1 is 0.636 bits per heavy atom. The average Bonchev–Trinajstić information content (AvgIpc) is 2.87. The zero-order valence-corrected chi connectivity index (χ0v) is 16.7. The van der Waals surface area contributed by atoms with Crippen LogP contribution < -0.4 is 15.2 Å². The summed E-state index contributed by atoms with van der Waals surface area (Å²) in [5.41, 5.74) is 2.69. The van der Waals surface area contributed by atoms with Crippen LogP contribution in [0.5, 0.6) is 0 Å². The number of anilines is 2. The Labute approximate surface area is 138 Å². The van der Waals surface area contributed by atoms with Crippen LogP contribution in [-0.4, -0.2) is 29.7 Å². The van der Waals surface area contributed by atoms with Gasteiger partial charge in [-0.05, 0) is 76.2 Å². The highest BCUT2D eigenvalue weighted by atomic mass is 15.3. The van der Waals surface area contributed by atoms with Crippen LogP contribution in [-0.2, 0) is 0 Å². The van der Waals surface area contributed by atoms with E-state index in [1.165, 1.54) is 16.7 Å². The fraction of sp³-hybridized carbons (Fsp3) is 0.842. The molecule has 128 valence electrons. The lowest BCUT2D eigenvalue weighted by Gasteiger charge is -2.33. The molecule has 0 aliphatic rings. The summed E-state index contributed by atoms with van der Waals surface area (Å²) in [4.78, 5) is 10.0. The molecule has 0 amide bonds. The molecule has 0 N–H and O–H groups in total. The molecule has 1 aromatic rings. The molecular weight excluding hydrogens is 270 g/mol. The molecule has 0 heterocycles. The predicted octanol–water partition coefficient (Wildman–Crippen LogP) is 4.51. The summed E-state index contributed by atoms with van der Waals surface area (Å²) in [5.74, 6) is 0. The van der Waals surface area contributed by atoms with E-state index in [9.17, 15) is 0 Å². The minimum atomic E-state index is -0.0401. The van der Waals surface area contributed by atoms with Gasteiger partial charge in [0.25, 0.3) is 0 Å². The smallest absolute Gasteiger partial charge is 0.109 e. The quantitative estimate of drug-likeness (QED) is 0.770. The van der Waals surface area contributed by atoms with E-state index in [1.807, 2.05) is 0 Å². The lowest BCUT2D eigenvalue weighted by Crippen LogP contribution is -2.38. The Kier molecular flexibility index (Phi) is 5.75. The largest absolute Gasteiger partial charge is 0.363 e. The summed E-state index contributed by atoms with van der Waals surface area (Å²) in [6, 6.07) is 1.94. The van der Waals surface area contributed by atoms with Crippen LogP contribution >= 0.6 is 0 Å². The Hall–Kier alpha value is -0.990. The molecule has 0 aliphatic heterocycles. The third kappa shape index (κ3) is 4.27. The van der Waals surface area contributed by atoms with Crippen LogP contribution in [0, 0.1) is 0 Å². The zero-order valence-electron chi connectivity index (χ0n) is 16.7. The third-order valence-corrected chi connectivity index (χ3v) is 3.80. The van der Waals surface area contributed by atoms with E-state index in [-0.39, 0.29) is 5.54 Å². The Morgan fingerprint density at radius 2 is 0.909 bits per heavy atom. The van der Waals surface area contributed by atoms with Gasteiger partial charge in [-0.15, -0.1) is 0 Å². The highest BCUT2D eigenvalue weighted by molar-refractivity contribution is 5.86. The molecule has 0 saturated carbocycles. The van der Waals surface area contributed by atoms with Crippen molar-refractivity contribution in [1.82, 2.24) is 0 Å². The summed E-state index contributed by atoms with van der Waals surface area (Å²) >= 11 is 0. The summed E-state index contributed by atoms with van der Waals surface area (Å²) in [6.07, 6.45) is 0. The molecule has 0 saturated heterocycles. The van der Waals surface area contributed by atoms with Gasteiger partial charge in [-0.25, -0.2) is 0 Å². The molecule has 0 spiro atoms. The Morgan fingerprint density at radius 3 is 1.09 bits per heavy atom. The summed E-state index contributed by atoms with van der Waals surface area (Å²) in [6.45, 7) is 24.7. The monoisotopic (exact) mass is 307 g/mol. The number of hydrogen-bond donors (Lipinski definition) is 0. The number of hydrogen-bond acceptors (Lipinski definition) is 3. The van der Waals surface area contributed by atoms with Crippen molar-refractivity contribution in [3.63, 3.8) is 0 Å². The molecular formula is C19H37N3. The van der Waals surface area contributed by atoms with E-state index >= 15 is 0 Å². The number of rotatable bonds is 6. The first-order valence-corrected chi connectivity index (χ1v) is 8.80. The van der Waals surface area contributed by atoms with Gasteiger partial charge in [0.15, 0.2) is 0 Å². The van der Waals surface area contributed by atoms with Crippen LogP contribution in [0.3, 0.4) is 0 Å². The summed E-state index contributed by atoms with van der Waals surface area (Å²) < 4.78 is 0. The zero-order chi connectivity index (χ0) is 17.4. The van der Waals surface area contributed by atoms with Crippen LogP contribution in [0.15, 0.2) is 4.99 Å². The highest BCUT2D eigenvalue weighted by Gasteiger charge is 2.35. The highest BCUT2D eigenvalue weighted by Crippen LogP contribution is 2.38.